The molecule has 0 saturated heterocycles. The SMILES string of the molecule is CCN1Cc2ccccc2C1=N. The standard InChI is InChI=1S/C10H12N2/c1-2-12-7-8-5-3-4-6-9(8)10(12)11/h3-6,11H,2,7H2,1H3. The Kier molecular flexibility index (Phi) is 1.61. The number of fused-ring (bicyclic) bond motifs is 1. The first-order valence-corrected chi connectivity index (χ1v) is 4.24. The van der Waals surface area contributed by atoms with E-state index in [1.54, 1.807) is 0 Å². The van der Waals surface area contributed by atoms with Crippen LogP contribution in [-0.2, 0) is 6.54 Å². The van der Waals surface area contributed by atoms with Gasteiger partial charge in [0.1, 0.15) is 5.84 Å². The second kappa shape index (κ2) is 2.63. The minimum Gasteiger partial charge on any atom is -0.353 e. The van der Waals surface area contributed by atoms with E-state index in [1.807, 2.05) is 18.2 Å². The van der Waals surface area contributed by atoms with Crippen molar-refractivity contribution in [2.75, 3.05) is 6.54 Å². The Bertz CT molecular complexity index is 317. The number of hydrogen-bond donors (Lipinski definition) is 1. The van der Waals surface area contributed by atoms with E-state index in [2.05, 4.69) is 17.9 Å². The van der Waals surface area contributed by atoms with Crippen molar-refractivity contribution in [1.29, 1.82) is 5.41 Å². The molecular formula is C10H12N2. The van der Waals surface area contributed by atoms with Crippen molar-refractivity contribution in [2.24, 2.45) is 0 Å². The Labute approximate surface area is 72.3 Å². The van der Waals surface area contributed by atoms with Gasteiger partial charge < -0.3 is 4.90 Å². The van der Waals surface area contributed by atoms with Crippen LogP contribution in [-0.4, -0.2) is 17.3 Å². The molecule has 2 nitrogen and oxygen atoms in total. The summed E-state index contributed by atoms with van der Waals surface area (Å²) in [4.78, 5) is 2.07. The van der Waals surface area contributed by atoms with Gasteiger partial charge >= 0.3 is 0 Å². The van der Waals surface area contributed by atoms with E-state index in [0.717, 1.165) is 18.7 Å². The average Bonchev–Trinajstić information content (AvgIpc) is 2.44. The van der Waals surface area contributed by atoms with E-state index in [4.69, 9.17) is 5.41 Å². The van der Waals surface area contributed by atoms with Crippen LogP contribution < -0.4 is 0 Å². The maximum absolute atomic E-state index is 7.81. The second-order valence-electron chi connectivity index (χ2n) is 3.02. The lowest BCUT2D eigenvalue weighted by molar-refractivity contribution is 0.452. The molecule has 0 aromatic heterocycles. The monoisotopic (exact) mass is 160 g/mol. The van der Waals surface area contributed by atoms with Crippen molar-refractivity contribution < 1.29 is 0 Å². The highest BCUT2D eigenvalue weighted by Crippen LogP contribution is 2.21. The van der Waals surface area contributed by atoms with Crippen molar-refractivity contribution in [3.8, 4) is 0 Å². The summed E-state index contributed by atoms with van der Waals surface area (Å²) in [7, 11) is 0. The van der Waals surface area contributed by atoms with Gasteiger partial charge in [0.2, 0.25) is 0 Å². The van der Waals surface area contributed by atoms with Gasteiger partial charge in [0, 0.05) is 18.7 Å². The molecule has 0 amide bonds. The third kappa shape index (κ3) is 0.916. The summed E-state index contributed by atoms with van der Waals surface area (Å²) in [5, 5.41) is 7.81. The van der Waals surface area contributed by atoms with Gasteiger partial charge in [-0.15, -0.1) is 0 Å². The van der Waals surface area contributed by atoms with Gasteiger partial charge in [0.25, 0.3) is 0 Å². The summed E-state index contributed by atoms with van der Waals surface area (Å²) >= 11 is 0. The Balaban J connectivity index is 2.42. The first-order chi connectivity index (χ1) is 5.83. The number of nitrogens with zero attached hydrogens (tertiary/aromatic N) is 1. The predicted octanol–water partition coefficient (Wildman–Crippen LogP) is 1.85. The van der Waals surface area contributed by atoms with Crippen molar-refractivity contribution in [3.05, 3.63) is 35.4 Å². The molecular weight excluding hydrogens is 148 g/mol. The van der Waals surface area contributed by atoms with Gasteiger partial charge in [0.05, 0.1) is 0 Å². The van der Waals surface area contributed by atoms with E-state index < -0.39 is 0 Å². The molecule has 0 unspecified atom stereocenters. The van der Waals surface area contributed by atoms with Crippen LogP contribution in [0, 0.1) is 5.41 Å². The maximum Gasteiger partial charge on any atom is 0.128 e. The number of rotatable bonds is 1. The summed E-state index contributed by atoms with van der Waals surface area (Å²) in [5.74, 6) is 0.674. The highest BCUT2D eigenvalue weighted by Gasteiger charge is 2.21. The Morgan fingerprint density at radius 1 is 1.42 bits per heavy atom. The maximum atomic E-state index is 7.81. The van der Waals surface area contributed by atoms with Crippen LogP contribution in [0.15, 0.2) is 24.3 Å². The molecule has 62 valence electrons. The van der Waals surface area contributed by atoms with Crippen molar-refractivity contribution in [3.63, 3.8) is 0 Å². The quantitative estimate of drug-likeness (QED) is 0.667. The normalized spacial score (nSPS) is 15.1. The predicted molar refractivity (Wildman–Crippen MR) is 49.4 cm³/mol. The summed E-state index contributed by atoms with van der Waals surface area (Å²) in [5.41, 5.74) is 2.38. The molecule has 1 aliphatic heterocycles. The molecule has 0 atom stereocenters. The average molecular weight is 160 g/mol. The van der Waals surface area contributed by atoms with Gasteiger partial charge in [-0.3, -0.25) is 5.41 Å². The van der Waals surface area contributed by atoms with Crippen LogP contribution in [0.2, 0.25) is 0 Å². The lowest BCUT2D eigenvalue weighted by Crippen LogP contribution is -2.22. The van der Waals surface area contributed by atoms with E-state index in [1.165, 1.54) is 5.56 Å². The van der Waals surface area contributed by atoms with Crippen molar-refractivity contribution in [1.82, 2.24) is 4.90 Å². The van der Waals surface area contributed by atoms with Crippen molar-refractivity contribution in [2.45, 2.75) is 13.5 Å². The lowest BCUT2D eigenvalue weighted by atomic mass is 10.1. The van der Waals surface area contributed by atoms with E-state index in [0.29, 0.717) is 5.84 Å². The lowest BCUT2D eigenvalue weighted by Gasteiger charge is -2.13. The molecule has 0 bridgehead atoms. The molecule has 12 heavy (non-hydrogen) atoms. The second-order valence-corrected chi connectivity index (χ2v) is 3.02. The summed E-state index contributed by atoms with van der Waals surface area (Å²) in [6, 6.07) is 8.14. The zero-order valence-electron chi connectivity index (χ0n) is 7.17. The van der Waals surface area contributed by atoms with Crippen LogP contribution in [0.5, 0.6) is 0 Å². The molecule has 0 aliphatic carbocycles. The number of benzene rings is 1. The molecule has 1 N–H and O–H groups in total. The topological polar surface area (TPSA) is 27.1 Å². The van der Waals surface area contributed by atoms with Gasteiger partial charge in [-0.2, -0.15) is 0 Å². The van der Waals surface area contributed by atoms with Crippen LogP contribution in [0.4, 0.5) is 0 Å². The number of hydrogen-bond acceptors (Lipinski definition) is 1. The first kappa shape index (κ1) is 7.35. The van der Waals surface area contributed by atoms with Crippen LogP contribution in [0.1, 0.15) is 18.1 Å². The number of amidine groups is 1. The molecule has 2 rings (SSSR count). The zero-order valence-corrected chi connectivity index (χ0v) is 7.17. The summed E-state index contributed by atoms with van der Waals surface area (Å²) < 4.78 is 0. The molecule has 2 heteroatoms. The molecule has 1 heterocycles. The van der Waals surface area contributed by atoms with E-state index >= 15 is 0 Å². The highest BCUT2D eigenvalue weighted by atomic mass is 15.2. The van der Waals surface area contributed by atoms with Crippen LogP contribution in [0.25, 0.3) is 0 Å². The Hall–Kier alpha value is -1.31. The summed E-state index contributed by atoms with van der Waals surface area (Å²) in [6.07, 6.45) is 0. The molecule has 0 radical (unpaired) electrons. The largest absolute Gasteiger partial charge is 0.353 e. The molecule has 0 fully saturated rings. The minimum atomic E-state index is 0.674. The molecule has 1 aromatic carbocycles. The Morgan fingerprint density at radius 2 is 2.17 bits per heavy atom. The minimum absolute atomic E-state index is 0.674. The van der Waals surface area contributed by atoms with Gasteiger partial charge in [-0.25, -0.2) is 0 Å². The van der Waals surface area contributed by atoms with Crippen LogP contribution >= 0.6 is 0 Å². The zero-order chi connectivity index (χ0) is 8.55. The smallest absolute Gasteiger partial charge is 0.128 e. The molecule has 0 spiro atoms. The fraction of sp³-hybridized carbons (Fsp3) is 0.300. The van der Waals surface area contributed by atoms with Crippen molar-refractivity contribution >= 4 is 5.84 Å². The Morgan fingerprint density at radius 3 is 2.83 bits per heavy atom. The van der Waals surface area contributed by atoms with Gasteiger partial charge in [-0.05, 0) is 12.5 Å². The fourth-order valence-electron chi connectivity index (χ4n) is 1.61. The van der Waals surface area contributed by atoms with Crippen LogP contribution in [0.3, 0.4) is 0 Å². The van der Waals surface area contributed by atoms with Gasteiger partial charge in [-0.1, -0.05) is 24.3 Å². The third-order valence-electron chi connectivity index (χ3n) is 2.33. The first-order valence-electron chi connectivity index (χ1n) is 4.24. The summed E-state index contributed by atoms with van der Waals surface area (Å²) in [6.45, 7) is 3.92. The van der Waals surface area contributed by atoms with E-state index in [9.17, 15) is 0 Å². The van der Waals surface area contributed by atoms with Gasteiger partial charge in [0.15, 0.2) is 0 Å². The molecule has 0 saturated carbocycles. The molecule has 1 aliphatic rings. The molecule has 1 aromatic rings. The van der Waals surface area contributed by atoms with E-state index in [-0.39, 0.29) is 0 Å². The third-order valence-corrected chi connectivity index (χ3v) is 2.33. The fourth-order valence-corrected chi connectivity index (χ4v) is 1.61. The number of nitrogens with one attached hydrogen (secondary N) is 1. The highest BCUT2D eigenvalue weighted by molar-refractivity contribution is 6.00.